The number of carbonyl (C=O) groups excluding carboxylic acids is 1. The molecule has 2 N–H and O–H groups in total. The Morgan fingerprint density at radius 2 is 1.68 bits per heavy atom. The van der Waals surface area contributed by atoms with E-state index in [-0.39, 0.29) is 24.4 Å². The molecule has 0 bridgehead atoms. The molecular formula is C35H32FN3O8. The summed E-state index contributed by atoms with van der Waals surface area (Å²) in [5, 5.41) is 14.3. The Morgan fingerprint density at radius 3 is 2.36 bits per heavy atom. The number of fused-ring (bicyclic) bond motifs is 3. The van der Waals surface area contributed by atoms with E-state index >= 15 is 0 Å². The first-order chi connectivity index (χ1) is 22.5. The fourth-order valence-corrected chi connectivity index (χ4v) is 5.09. The zero-order valence-electron chi connectivity index (χ0n) is 25.9. The van der Waals surface area contributed by atoms with Crippen molar-refractivity contribution in [1.82, 2.24) is 9.13 Å². The van der Waals surface area contributed by atoms with Crippen molar-refractivity contribution in [3.05, 3.63) is 111 Å². The van der Waals surface area contributed by atoms with Crippen LogP contribution < -0.4 is 35.5 Å². The molecule has 242 valence electrons. The van der Waals surface area contributed by atoms with Crippen LogP contribution in [0.3, 0.4) is 0 Å². The highest BCUT2D eigenvalue weighted by molar-refractivity contribution is 6.04. The fourth-order valence-electron chi connectivity index (χ4n) is 5.09. The Kier molecular flexibility index (Phi) is 8.44. The molecule has 47 heavy (non-hydrogen) atoms. The summed E-state index contributed by atoms with van der Waals surface area (Å²) in [6.07, 6.45) is 1.21. The summed E-state index contributed by atoms with van der Waals surface area (Å²) in [5.74, 6) is 1.06. The van der Waals surface area contributed by atoms with Crippen LogP contribution in [0.25, 0.3) is 16.5 Å². The number of nitrogens with one attached hydrogen (secondary N) is 1. The summed E-state index contributed by atoms with van der Waals surface area (Å²) < 4.78 is 39.6. The minimum atomic E-state index is -1.05. The summed E-state index contributed by atoms with van der Waals surface area (Å²) >= 11 is 0. The molecule has 0 unspecified atom stereocenters. The molecule has 0 spiro atoms. The second kappa shape index (κ2) is 12.6. The molecule has 12 heteroatoms. The molecule has 1 aromatic heterocycles. The number of benzene rings is 4. The second-order valence-corrected chi connectivity index (χ2v) is 11.5. The Bertz CT molecular complexity index is 2080. The fraction of sp³-hybridized carbons (Fsp3) is 0.229. The lowest BCUT2D eigenvalue weighted by Gasteiger charge is -2.25. The van der Waals surface area contributed by atoms with Gasteiger partial charge in [0, 0.05) is 18.4 Å². The van der Waals surface area contributed by atoms with E-state index in [9.17, 15) is 23.9 Å². The van der Waals surface area contributed by atoms with Crippen molar-refractivity contribution >= 4 is 22.4 Å². The minimum absolute atomic E-state index is 0.0559. The van der Waals surface area contributed by atoms with E-state index in [1.54, 1.807) is 51.1 Å². The normalized spacial score (nSPS) is 12.5. The molecule has 0 fully saturated rings. The van der Waals surface area contributed by atoms with Crippen LogP contribution in [0.1, 0.15) is 31.1 Å². The van der Waals surface area contributed by atoms with Gasteiger partial charge >= 0.3 is 5.69 Å². The van der Waals surface area contributed by atoms with Gasteiger partial charge in [0.05, 0.1) is 16.7 Å². The van der Waals surface area contributed by atoms with E-state index in [0.717, 1.165) is 22.1 Å². The van der Waals surface area contributed by atoms with E-state index in [0.29, 0.717) is 53.0 Å². The Morgan fingerprint density at radius 1 is 0.979 bits per heavy atom. The number of hydrogen-bond acceptors (Lipinski definition) is 8. The Labute approximate surface area is 268 Å². The quantitative estimate of drug-likeness (QED) is 0.223. The van der Waals surface area contributed by atoms with E-state index in [1.165, 1.54) is 22.9 Å². The molecule has 2 heterocycles. The van der Waals surface area contributed by atoms with Crippen molar-refractivity contribution in [1.29, 1.82) is 0 Å². The summed E-state index contributed by atoms with van der Waals surface area (Å²) in [5.41, 5.74) is -2.26. The summed E-state index contributed by atoms with van der Waals surface area (Å²) in [7, 11) is 0. The standard InChI is InChI=1S/C35H32FN3O8/c1-4-38-19-26(33(41)39(34(38)42)24-12-8-22(36)9-13-24)32(40)37-23-10-14-25(15-11-23)47-27-7-5-6-21-18-28(46-20-35(2,3)43)30-31(29(21)27)45-17-16-44-30/h5-15,18-19,43H,4,16-17,20H2,1-3H3,(H,37,40). The smallest absolute Gasteiger partial charge is 0.335 e. The summed E-state index contributed by atoms with van der Waals surface area (Å²) in [4.78, 5) is 39.5. The third-order valence-corrected chi connectivity index (χ3v) is 7.32. The number of anilines is 1. The van der Waals surface area contributed by atoms with Crippen LogP contribution in [-0.2, 0) is 6.54 Å². The highest BCUT2D eigenvalue weighted by Crippen LogP contribution is 2.49. The first kappa shape index (κ1) is 31.4. The van der Waals surface area contributed by atoms with Crippen LogP contribution in [0.15, 0.2) is 88.6 Å². The lowest BCUT2D eigenvalue weighted by atomic mass is 10.1. The van der Waals surface area contributed by atoms with Gasteiger partial charge in [0.25, 0.3) is 11.5 Å². The van der Waals surface area contributed by atoms with E-state index in [2.05, 4.69) is 5.32 Å². The number of hydrogen-bond donors (Lipinski definition) is 2. The van der Waals surface area contributed by atoms with Crippen LogP contribution in [0.5, 0.6) is 28.7 Å². The predicted octanol–water partition coefficient (Wildman–Crippen LogP) is 5.28. The number of ether oxygens (including phenoxy) is 4. The van der Waals surface area contributed by atoms with Crippen LogP contribution in [0.4, 0.5) is 10.1 Å². The average Bonchev–Trinajstić information content (AvgIpc) is 3.05. The molecule has 0 saturated carbocycles. The molecule has 0 aliphatic carbocycles. The van der Waals surface area contributed by atoms with Gasteiger partial charge in [-0.3, -0.25) is 14.2 Å². The van der Waals surface area contributed by atoms with Crippen molar-refractivity contribution in [2.24, 2.45) is 0 Å². The molecule has 11 nitrogen and oxygen atoms in total. The topological polar surface area (TPSA) is 130 Å². The maximum Gasteiger partial charge on any atom is 0.335 e. The molecule has 0 radical (unpaired) electrons. The molecule has 0 atom stereocenters. The summed E-state index contributed by atoms with van der Waals surface area (Å²) in [6.45, 7) is 5.95. The first-order valence-electron chi connectivity index (χ1n) is 14.9. The maximum atomic E-state index is 13.5. The minimum Gasteiger partial charge on any atom is -0.487 e. The van der Waals surface area contributed by atoms with Crippen molar-refractivity contribution in [2.75, 3.05) is 25.1 Å². The molecule has 4 aromatic carbocycles. The molecule has 6 rings (SSSR count). The van der Waals surface area contributed by atoms with Crippen molar-refractivity contribution in [3.8, 4) is 34.4 Å². The zero-order valence-corrected chi connectivity index (χ0v) is 25.9. The van der Waals surface area contributed by atoms with Gasteiger partial charge < -0.3 is 29.4 Å². The van der Waals surface area contributed by atoms with Gasteiger partial charge in [-0.05, 0) is 86.8 Å². The molecule has 1 amide bonds. The van der Waals surface area contributed by atoms with Gasteiger partial charge in [-0.1, -0.05) is 12.1 Å². The van der Waals surface area contributed by atoms with Crippen molar-refractivity contribution < 1.29 is 33.2 Å². The van der Waals surface area contributed by atoms with Gasteiger partial charge in [0.1, 0.15) is 42.7 Å². The maximum absolute atomic E-state index is 13.5. The highest BCUT2D eigenvalue weighted by Gasteiger charge is 2.25. The van der Waals surface area contributed by atoms with Crippen LogP contribution in [0, 0.1) is 5.82 Å². The van der Waals surface area contributed by atoms with Crippen LogP contribution in [0.2, 0.25) is 0 Å². The molecule has 0 saturated heterocycles. The molecular weight excluding hydrogens is 609 g/mol. The van der Waals surface area contributed by atoms with E-state index in [4.69, 9.17) is 18.9 Å². The van der Waals surface area contributed by atoms with Gasteiger partial charge in [0.15, 0.2) is 11.5 Å². The number of carbonyl (C=O) groups is 1. The summed E-state index contributed by atoms with van der Waals surface area (Å²) in [6, 6.07) is 18.7. The predicted molar refractivity (Wildman–Crippen MR) is 173 cm³/mol. The van der Waals surface area contributed by atoms with Gasteiger partial charge in [0.2, 0.25) is 5.75 Å². The zero-order chi connectivity index (χ0) is 33.3. The lowest BCUT2D eigenvalue weighted by molar-refractivity contribution is 0.0266. The third-order valence-electron chi connectivity index (χ3n) is 7.32. The first-order valence-corrected chi connectivity index (χ1v) is 14.9. The average molecular weight is 642 g/mol. The van der Waals surface area contributed by atoms with Crippen LogP contribution in [-0.4, -0.2) is 45.6 Å². The number of aliphatic hydroxyl groups is 1. The number of nitrogens with zero attached hydrogens (tertiary/aromatic N) is 2. The lowest BCUT2D eigenvalue weighted by Crippen LogP contribution is -2.42. The van der Waals surface area contributed by atoms with Gasteiger partial charge in [-0.25, -0.2) is 13.8 Å². The Balaban J connectivity index is 1.26. The van der Waals surface area contributed by atoms with Crippen molar-refractivity contribution in [3.63, 3.8) is 0 Å². The number of halogens is 1. The van der Waals surface area contributed by atoms with Gasteiger partial charge in [-0.2, -0.15) is 0 Å². The van der Waals surface area contributed by atoms with Gasteiger partial charge in [-0.15, -0.1) is 0 Å². The second-order valence-electron chi connectivity index (χ2n) is 11.5. The Hall–Kier alpha value is -5.62. The van der Waals surface area contributed by atoms with E-state index in [1.807, 2.05) is 18.2 Å². The largest absolute Gasteiger partial charge is 0.487 e. The number of aryl methyl sites for hydroxylation is 1. The number of rotatable bonds is 9. The monoisotopic (exact) mass is 641 g/mol. The highest BCUT2D eigenvalue weighted by atomic mass is 19.1. The SMILES string of the molecule is CCn1cc(C(=O)Nc2ccc(Oc3cccc4cc(OCC(C)(C)O)c5c(c34)OCCO5)cc2)c(=O)n(-c2ccc(F)cc2)c1=O. The third kappa shape index (κ3) is 6.54. The number of amides is 1. The van der Waals surface area contributed by atoms with E-state index < -0.39 is 28.6 Å². The molecule has 5 aromatic rings. The molecule has 1 aliphatic heterocycles. The number of aromatic nitrogens is 2. The molecule has 1 aliphatic rings. The van der Waals surface area contributed by atoms with Crippen LogP contribution >= 0.6 is 0 Å². The van der Waals surface area contributed by atoms with Crippen molar-refractivity contribution in [2.45, 2.75) is 32.9 Å².